The van der Waals surface area contributed by atoms with Gasteiger partial charge in [-0.1, -0.05) is 35.9 Å². The van der Waals surface area contributed by atoms with E-state index < -0.39 is 26.5 Å². The first-order valence-corrected chi connectivity index (χ1v) is 11.4. The van der Waals surface area contributed by atoms with Gasteiger partial charge >= 0.3 is 15.8 Å². The zero-order chi connectivity index (χ0) is 24.2. The largest absolute Gasteiger partial charge is 0.502 e. The Hall–Kier alpha value is -3.91. The lowest BCUT2D eigenvalue weighted by Crippen LogP contribution is -2.11. The number of rotatable bonds is 9. The Kier molecular flexibility index (Phi) is 6.98. The van der Waals surface area contributed by atoms with Gasteiger partial charge in [-0.25, -0.2) is 0 Å². The molecule has 0 fully saturated rings. The van der Waals surface area contributed by atoms with Gasteiger partial charge in [0.15, 0.2) is 0 Å². The van der Waals surface area contributed by atoms with Crippen molar-refractivity contribution in [2.24, 2.45) is 0 Å². The Bertz CT molecular complexity index is 1330. The van der Waals surface area contributed by atoms with Crippen LogP contribution in [-0.4, -0.2) is 18.4 Å². The van der Waals surface area contributed by atoms with E-state index in [1.807, 2.05) is 6.92 Å². The van der Waals surface area contributed by atoms with Crippen LogP contribution < -0.4 is 4.18 Å². The lowest BCUT2D eigenvalue weighted by Gasteiger charge is -2.14. The topological polar surface area (TPSA) is 107 Å². The molecule has 170 valence electrons. The highest BCUT2D eigenvalue weighted by atomic mass is 32.2. The minimum atomic E-state index is -4.07. The molecule has 0 saturated heterocycles. The van der Waals surface area contributed by atoms with Gasteiger partial charge in [-0.2, -0.15) is 8.42 Å². The summed E-state index contributed by atoms with van der Waals surface area (Å²) >= 11 is 0. The third kappa shape index (κ3) is 5.30. The Morgan fingerprint density at radius 1 is 1.03 bits per heavy atom. The average molecular weight is 466 g/mol. The van der Waals surface area contributed by atoms with Crippen molar-refractivity contribution >= 4 is 15.8 Å². The summed E-state index contributed by atoms with van der Waals surface area (Å²) in [5.74, 6) is -0.367. The zero-order valence-corrected chi connectivity index (χ0v) is 18.8. The van der Waals surface area contributed by atoms with Crippen LogP contribution in [0, 0.1) is 17.0 Å². The summed E-state index contributed by atoms with van der Waals surface area (Å²) in [5.41, 5.74) is 2.32. The highest BCUT2D eigenvalue weighted by Crippen LogP contribution is 2.40. The Balaban J connectivity index is 2.08. The fourth-order valence-corrected chi connectivity index (χ4v) is 4.30. The van der Waals surface area contributed by atoms with E-state index in [0.717, 1.165) is 5.56 Å². The molecule has 3 rings (SSSR count). The number of benzene rings is 3. The number of aryl methyl sites for hydroxylation is 1. The van der Waals surface area contributed by atoms with E-state index in [-0.39, 0.29) is 22.6 Å². The first-order chi connectivity index (χ1) is 15.7. The van der Waals surface area contributed by atoms with Crippen molar-refractivity contribution in [3.8, 4) is 22.6 Å². The molecule has 33 heavy (non-hydrogen) atoms. The second-order valence-electron chi connectivity index (χ2n) is 7.43. The molecular weight excluding hydrogens is 442 g/mol. The highest BCUT2D eigenvalue weighted by Gasteiger charge is 2.22. The quantitative estimate of drug-likeness (QED) is 0.194. The Labute approximate surface area is 192 Å². The molecule has 0 spiro atoms. The maximum absolute atomic E-state index is 12.7. The molecule has 3 aromatic carbocycles. The molecule has 1 N–H and O–H groups in total. The summed E-state index contributed by atoms with van der Waals surface area (Å²) in [7, 11) is -4.07. The van der Waals surface area contributed by atoms with Gasteiger partial charge < -0.3 is 9.29 Å². The van der Waals surface area contributed by atoms with Gasteiger partial charge in [-0.3, -0.25) is 10.1 Å². The van der Waals surface area contributed by atoms with Crippen LogP contribution in [0.5, 0.6) is 11.5 Å². The van der Waals surface area contributed by atoms with E-state index in [9.17, 15) is 23.6 Å². The number of allylic oxidation sites excluding steroid dienone is 2. The van der Waals surface area contributed by atoms with Crippen LogP contribution in [0.3, 0.4) is 0 Å². The van der Waals surface area contributed by atoms with Crippen molar-refractivity contribution in [2.75, 3.05) is 0 Å². The second-order valence-corrected chi connectivity index (χ2v) is 8.97. The monoisotopic (exact) mass is 465 g/mol. The van der Waals surface area contributed by atoms with Crippen molar-refractivity contribution in [1.82, 2.24) is 0 Å². The Morgan fingerprint density at radius 3 is 2.30 bits per heavy atom. The summed E-state index contributed by atoms with van der Waals surface area (Å²) in [6.45, 7) is 9.20. The van der Waals surface area contributed by atoms with Gasteiger partial charge in [0, 0.05) is 17.2 Å². The number of aromatic hydroxyl groups is 1. The van der Waals surface area contributed by atoms with E-state index in [1.54, 1.807) is 42.5 Å². The molecule has 0 saturated carbocycles. The van der Waals surface area contributed by atoms with Crippen LogP contribution in [0.15, 0.2) is 84.8 Å². The van der Waals surface area contributed by atoms with Crippen molar-refractivity contribution in [3.05, 3.63) is 107 Å². The summed E-state index contributed by atoms with van der Waals surface area (Å²) in [5, 5.41) is 22.0. The van der Waals surface area contributed by atoms with E-state index in [0.29, 0.717) is 23.1 Å². The van der Waals surface area contributed by atoms with Crippen LogP contribution in [0.1, 0.15) is 16.7 Å². The lowest BCUT2D eigenvalue weighted by molar-refractivity contribution is -0.385. The number of nitro groups is 1. The molecular formula is C25H23NO6S. The van der Waals surface area contributed by atoms with Gasteiger partial charge in [0.25, 0.3) is 0 Å². The van der Waals surface area contributed by atoms with Crippen LogP contribution in [-0.2, 0) is 23.0 Å². The number of hydrogen-bond donors (Lipinski definition) is 1. The van der Waals surface area contributed by atoms with Gasteiger partial charge in [-0.05, 0) is 61.2 Å². The fraction of sp³-hybridized carbons (Fsp3) is 0.120. The SMILES string of the molecule is C=CCc1cc(-c2ccc(OS(=O)(=O)c3ccc(C)cc3)c(CC=C)c2)c(O)c([N+](=O)[O-])c1. The maximum atomic E-state index is 12.7. The molecule has 0 amide bonds. The number of nitro benzene ring substituents is 1. The predicted octanol–water partition coefficient (Wildman–Crippen LogP) is 5.50. The smallest absolute Gasteiger partial charge is 0.339 e. The molecule has 0 aliphatic carbocycles. The third-order valence-electron chi connectivity index (χ3n) is 4.97. The molecule has 0 radical (unpaired) electrons. The van der Waals surface area contributed by atoms with E-state index in [4.69, 9.17) is 4.18 Å². The van der Waals surface area contributed by atoms with Crippen LogP contribution in [0.4, 0.5) is 5.69 Å². The lowest BCUT2D eigenvalue weighted by atomic mass is 9.96. The third-order valence-corrected chi connectivity index (χ3v) is 6.22. The van der Waals surface area contributed by atoms with Crippen molar-refractivity contribution in [1.29, 1.82) is 0 Å². The standard InChI is InChI=1S/C25H23NO6S/c1-4-6-18-14-22(25(27)23(15-18)26(28)29)19-10-13-24(20(16-19)7-5-2)32-33(30,31)21-11-8-17(3)9-12-21/h4-5,8-16,27H,1-2,6-7H2,3H3. The molecule has 3 aromatic rings. The predicted molar refractivity (Wildman–Crippen MR) is 127 cm³/mol. The number of nitrogens with zero attached hydrogens (tertiary/aromatic N) is 1. The molecule has 0 aliphatic heterocycles. The highest BCUT2D eigenvalue weighted by molar-refractivity contribution is 7.87. The van der Waals surface area contributed by atoms with E-state index in [2.05, 4.69) is 13.2 Å². The average Bonchev–Trinajstić information content (AvgIpc) is 2.76. The summed E-state index contributed by atoms with van der Waals surface area (Å²) in [4.78, 5) is 10.8. The zero-order valence-electron chi connectivity index (χ0n) is 18.0. The minimum Gasteiger partial charge on any atom is -0.502 e. The normalized spacial score (nSPS) is 11.1. The molecule has 0 bridgehead atoms. The summed E-state index contributed by atoms with van der Waals surface area (Å²) in [6.07, 6.45) is 3.85. The summed E-state index contributed by atoms with van der Waals surface area (Å²) in [6, 6.07) is 13.9. The van der Waals surface area contributed by atoms with Gasteiger partial charge in [0.2, 0.25) is 5.75 Å². The Morgan fingerprint density at radius 2 is 1.70 bits per heavy atom. The molecule has 0 atom stereocenters. The van der Waals surface area contributed by atoms with Crippen LogP contribution >= 0.6 is 0 Å². The van der Waals surface area contributed by atoms with Crippen molar-refractivity contribution < 1.29 is 22.6 Å². The number of hydrogen-bond acceptors (Lipinski definition) is 6. The first kappa shape index (κ1) is 23.7. The molecule has 0 aliphatic rings. The van der Waals surface area contributed by atoms with E-state index >= 15 is 0 Å². The second kappa shape index (κ2) is 9.70. The van der Waals surface area contributed by atoms with Gasteiger partial charge in [-0.15, -0.1) is 13.2 Å². The summed E-state index contributed by atoms with van der Waals surface area (Å²) < 4.78 is 30.9. The van der Waals surface area contributed by atoms with Gasteiger partial charge in [0.05, 0.1) is 4.92 Å². The first-order valence-electron chi connectivity index (χ1n) is 10.0. The molecule has 0 aromatic heterocycles. The van der Waals surface area contributed by atoms with Gasteiger partial charge in [0.1, 0.15) is 10.6 Å². The molecule has 8 heteroatoms. The van der Waals surface area contributed by atoms with Crippen molar-refractivity contribution in [3.63, 3.8) is 0 Å². The minimum absolute atomic E-state index is 0.0205. The van der Waals surface area contributed by atoms with Crippen LogP contribution in [0.2, 0.25) is 0 Å². The fourth-order valence-electron chi connectivity index (χ4n) is 3.34. The molecule has 0 heterocycles. The maximum Gasteiger partial charge on any atom is 0.339 e. The van der Waals surface area contributed by atoms with E-state index in [1.165, 1.54) is 24.3 Å². The number of phenols is 1. The van der Waals surface area contributed by atoms with Crippen LogP contribution in [0.25, 0.3) is 11.1 Å². The number of phenolic OH excluding ortho intramolecular Hbond substituents is 1. The molecule has 7 nitrogen and oxygen atoms in total. The molecule has 0 unspecified atom stereocenters. The van der Waals surface area contributed by atoms with Crippen molar-refractivity contribution in [2.45, 2.75) is 24.7 Å².